The highest BCUT2D eigenvalue weighted by Gasteiger charge is 2.40. The van der Waals surface area contributed by atoms with Crippen molar-refractivity contribution in [2.75, 3.05) is 6.54 Å². The summed E-state index contributed by atoms with van der Waals surface area (Å²) in [6.45, 7) is 7.55. The van der Waals surface area contributed by atoms with Crippen molar-refractivity contribution >= 4 is 28.8 Å². The molecule has 0 radical (unpaired) electrons. The van der Waals surface area contributed by atoms with Gasteiger partial charge in [-0.1, -0.05) is 60.2 Å². The second-order valence-corrected chi connectivity index (χ2v) is 7.24. The fourth-order valence-electron chi connectivity index (χ4n) is 3.28. The molecule has 1 aliphatic rings. The first-order valence-corrected chi connectivity index (χ1v) is 8.38. The Morgan fingerprint density at radius 2 is 1.82 bits per heavy atom. The van der Waals surface area contributed by atoms with Crippen LogP contribution in [0, 0.1) is 0 Å². The lowest BCUT2D eigenvalue weighted by atomic mass is 9.71. The van der Waals surface area contributed by atoms with Crippen LogP contribution < -0.4 is 0 Å². The normalized spacial score (nSPS) is 21.1. The number of thiocarbonyl (C=S) groups is 1. The van der Waals surface area contributed by atoms with Crippen molar-refractivity contribution in [3.05, 3.63) is 70.2 Å². The molecule has 0 fully saturated rings. The minimum Gasteiger partial charge on any atom is -0.359 e. The van der Waals surface area contributed by atoms with E-state index in [2.05, 4.69) is 68.1 Å². The molecule has 0 aromatic heterocycles. The van der Waals surface area contributed by atoms with E-state index < -0.39 is 0 Å². The third-order valence-corrected chi connectivity index (χ3v) is 5.28. The Hall–Kier alpha value is -1.38. The van der Waals surface area contributed by atoms with E-state index in [0.717, 1.165) is 22.1 Å². The number of hydrogen-bond donors (Lipinski definition) is 0. The summed E-state index contributed by atoms with van der Waals surface area (Å²) in [7, 11) is 0. The van der Waals surface area contributed by atoms with E-state index >= 15 is 0 Å². The van der Waals surface area contributed by atoms with Crippen molar-refractivity contribution in [1.29, 1.82) is 0 Å². The predicted octanol–water partition coefficient (Wildman–Crippen LogP) is 5.05. The number of halogens is 1. The first-order valence-electron chi connectivity index (χ1n) is 7.60. The molecular weight excluding hydrogens is 310 g/mol. The molecule has 1 atom stereocenters. The van der Waals surface area contributed by atoms with E-state index in [1.165, 1.54) is 11.1 Å². The van der Waals surface area contributed by atoms with Gasteiger partial charge in [-0.15, -0.1) is 0 Å². The van der Waals surface area contributed by atoms with E-state index in [4.69, 9.17) is 23.8 Å². The molecule has 0 bridgehead atoms. The summed E-state index contributed by atoms with van der Waals surface area (Å²) < 4.78 is 0. The summed E-state index contributed by atoms with van der Waals surface area (Å²) in [6, 6.07) is 17.1. The number of benzene rings is 2. The second-order valence-electron chi connectivity index (χ2n) is 6.41. The fraction of sp³-hybridized carbons (Fsp3) is 0.316. The van der Waals surface area contributed by atoms with Crippen molar-refractivity contribution in [3.8, 4) is 0 Å². The highest BCUT2D eigenvalue weighted by Crippen LogP contribution is 2.41. The molecule has 3 rings (SSSR count). The number of rotatable bonds is 2. The molecule has 1 unspecified atom stereocenters. The van der Waals surface area contributed by atoms with E-state index in [1.807, 2.05) is 6.07 Å². The molecule has 0 spiro atoms. The summed E-state index contributed by atoms with van der Waals surface area (Å²) >= 11 is 12.0. The molecule has 2 aromatic carbocycles. The SMILES string of the molecule is CC(C)N1CC(C)(c2ccccc2)c2cc(Cl)ccc2C1=S. The summed E-state index contributed by atoms with van der Waals surface area (Å²) in [5.41, 5.74) is 3.54. The largest absolute Gasteiger partial charge is 0.359 e. The van der Waals surface area contributed by atoms with Gasteiger partial charge in [-0.3, -0.25) is 0 Å². The van der Waals surface area contributed by atoms with Gasteiger partial charge in [0.05, 0.1) is 0 Å². The van der Waals surface area contributed by atoms with Gasteiger partial charge in [0, 0.05) is 28.6 Å². The summed E-state index contributed by atoms with van der Waals surface area (Å²) in [5, 5.41) is 0.765. The Bertz CT molecular complexity index is 711. The lowest BCUT2D eigenvalue weighted by Crippen LogP contribution is -2.50. The highest BCUT2D eigenvalue weighted by atomic mass is 35.5. The van der Waals surface area contributed by atoms with Gasteiger partial charge in [0.25, 0.3) is 0 Å². The minimum atomic E-state index is -0.117. The van der Waals surface area contributed by atoms with Crippen molar-refractivity contribution in [1.82, 2.24) is 4.90 Å². The molecule has 0 amide bonds. The number of hydrogen-bond acceptors (Lipinski definition) is 1. The van der Waals surface area contributed by atoms with Crippen LogP contribution in [0.2, 0.25) is 5.02 Å². The maximum Gasteiger partial charge on any atom is 0.109 e. The van der Waals surface area contributed by atoms with Gasteiger partial charge in [0.1, 0.15) is 4.99 Å². The molecule has 1 aliphatic heterocycles. The fourth-order valence-corrected chi connectivity index (χ4v) is 3.91. The van der Waals surface area contributed by atoms with Crippen molar-refractivity contribution in [3.63, 3.8) is 0 Å². The smallest absolute Gasteiger partial charge is 0.109 e. The summed E-state index contributed by atoms with van der Waals surface area (Å²) in [4.78, 5) is 3.24. The quantitative estimate of drug-likeness (QED) is 0.710. The van der Waals surface area contributed by atoms with Crippen molar-refractivity contribution in [2.45, 2.75) is 32.2 Å². The molecule has 0 saturated heterocycles. The Morgan fingerprint density at radius 1 is 1.14 bits per heavy atom. The first-order chi connectivity index (χ1) is 10.4. The molecule has 22 heavy (non-hydrogen) atoms. The Balaban J connectivity index is 2.24. The van der Waals surface area contributed by atoms with Crippen LogP contribution in [-0.4, -0.2) is 22.5 Å². The average molecular weight is 330 g/mol. The van der Waals surface area contributed by atoms with Crippen LogP contribution in [0.3, 0.4) is 0 Å². The van der Waals surface area contributed by atoms with Crippen LogP contribution in [0.5, 0.6) is 0 Å². The minimum absolute atomic E-state index is 0.117. The Morgan fingerprint density at radius 3 is 2.45 bits per heavy atom. The molecule has 1 nitrogen and oxygen atoms in total. The molecular formula is C19H20ClNS. The van der Waals surface area contributed by atoms with Crippen molar-refractivity contribution in [2.24, 2.45) is 0 Å². The van der Waals surface area contributed by atoms with Crippen LogP contribution in [0.25, 0.3) is 0 Å². The van der Waals surface area contributed by atoms with Gasteiger partial charge < -0.3 is 4.90 Å². The first kappa shape index (κ1) is 15.5. The number of fused-ring (bicyclic) bond motifs is 1. The average Bonchev–Trinajstić information content (AvgIpc) is 2.51. The van der Waals surface area contributed by atoms with Gasteiger partial charge in [-0.25, -0.2) is 0 Å². The third kappa shape index (κ3) is 2.45. The molecule has 1 heterocycles. The van der Waals surface area contributed by atoms with E-state index in [-0.39, 0.29) is 5.41 Å². The van der Waals surface area contributed by atoms with Crippen LogP contribution in [0.1, 0.15) is 37.5 Å². The lowest BCUT2D eigenvalue weighted by Gasteiger charge is -2.45. The number of nitrogens with zero attached hydrogens (tertiary/aromatic N) is 1. The second kappa shape index (κ2) is 5.68. The zero-order valence-electron chi connectivity index (χ0n) is 13.1. The molecule has 3 heteroatoms. The third-order valence-electron chi connectivity index (χ3n) is 4.59. The Labute approximate surface area is 142 Å². The van der Waals surface area contributed by atoms with Crippen LogP contribution >= 0.6 is 23.8 Å². The molecule has 0 N–H and O–H groups in total. The van der Waals surface area contributed by atoms with Crippen molar-refractivity contribution < 1.29 is 0 Å². The zero-order chi connectivity index (χ0) is 15.9. The zero-order valence-corrected chi connectivity index (χ0v) is 14.7. The van der Waals surface area contributed by atoms with Crippen LogP contribution in [-0.2, 0) is 5.41 Å². The van der Waals surface area contributed by atoms with E-state index in [1.54, 1.807) is 0 Å². The topological polar surface area (TPSA) is 3.24 Å². The molecule has 114 valence electrons. The monoisotopic (exact) mass is 329 g/mol. The molecule has 0 saturated carbocycles. The molecule has 0 aliphatic carbocycles. The molecule has 2 aromatic rings. The van der Waals surface area contributed by atoms with E-state index in [0.29, 0.717) is 6.04 Å². The van der Waals surface area contributed by atoms with Gasteiger partial charge in [-0.05, 0) is 44.0 Å². The van der Waals surface area contributed by atoms with Gasteiger partial charge >= 0.3 is 0 Å². The highest BCUT2D eigenvalue weighted by molar-refractivity contribution is 7.80. The van der Waals surface area contributed by atoms with Crippen LogP contribution in [0.4, 0.5) is 0 Å². The Kier molecular flexibility index (Phi) is 4.00. The van der Waals surface area contributed by atoms with Gasteiger partial charge in [0.2, 0.25) is 0 Å². The van der Waals surface area contributed by atoms with E-state index in [9.17, 15) is 0 Å². The van der Waals surface area contributed by atoms with Crippen LogP contribution in [0.15, 0.2) is 48.5 Å². The maximum absolute atomic E-state index is 6.28. The summed E-state index contributed by atoms with van der Waals surface area (Å²) in [6.07, 6.45) is 0. The maximum atomic E-state index is 6.28. The lowest BCUT2D eigenvalue weighted by molar-refractivity contribution is 0.289. The van der Waals surface area contributed by atoms with Gasteiger partial charge in [0.15, 0.2) is 0 Å². The standard InChI is InChI=1S/C19H20ClNS/c1-13(2)21-12-19(3,14-7-5-4-6-8-14)17-11-15(20)9-10-16(17)18(21)22/h4-11,13H,12H2,1-3H3. The predicted molar refractivity (Wildman–Crippen MR) is 97.9 cm³/mol. The summed E-state index contributed by atoms with van der Waals surface area (Å²) in [5.74, 6) is 0. The van der Waals surface area contributed by atoms with Gasteiger partial charge in [-0.2, -0.15) is 0 Å².